The summed E-state index contributed by atoms with van der Waals surface area (Å²) in [5, 5.41) is 11.2. The first kappa shape index (κ1) is 24.2. The van der Waals surface area contributed by atoms with Crippen molar-refractivity contribution in [2.45, 2.75) is 13.0 Å². The van der Waals surface area contributed by atoms with E-state index >= 15 is 0 Å². The maximum Gasteiger partial charge on any atom is 0.338 e. The van der Waals surface area contributed by atoms with E-state index in [9.17, 15) is 19.5 Å². The zero-order chi connectivity index (χ0) is 25.1. The number of halogens is 1. The molecule has 0 aliphatic carbocycles. The van der Waals surface area contributed by atoms with Crippen LogP contribution in [0.2, 0.25) is 0 Å². The molecule has 0 saturated carbocycles. The molecule has 4 rings (SSSR count). The minimum absolute atomic E-state index is 0.0518. The van der Waals surface area contributed by atoms with Crippen molar-refractivity contribution in [3.8, 4) is 5.75 Å². The van der Waals surface area contributed by atoms with E-state index in [1.54, 1.807) is 73.7 Å². The van der Waals surface area contributed by atoms with Crippen molar-refractivity contribution in [1.82, 2.24) is 0 Å². The van der Waals surface area contributed by atoms with E-state index < -0.39 is 23.7 Å². The molecule has 1 aliphatic heterocycles. The minimum atomic E-state index is -0.929. The Labute approximate surface area is 210 Å². The Kier molecular flexibility index (Phi) is 7.02. The molecule has 1 aliphatic rings. The Hall–Kier alpha value is -3.91. The Balaban J connectivity index is 1.90. The molecule has 0 bridgehead atoms. The third-order valence-electron chi connectivity index (χ3n) is 5.63. The second kappa shape index (κ2) is 10.1. The molecule has 0 aromatic heterocycles. The van der Waals surface area contributed by atoms with Gasteiger partial charge < -0.3 is 14.6 Å². The van der Waals surface area contributed by atoms with Crippen LogP contribution in [-0.2, 0) is 14.3 Å². The van der Waals surface area contributed by atoms with Crippen LogP contribution in [0.1, 0.15) is 34.5 Å². The zero-order valence-electron chi connectivity index (χ0n) is 19.0. The van der Waals surface area contributed by atoms with E-state index in [0.29, 0.717) is 22.6 Å². The number of benzene rings is 3. The summed E-state index contributed by atoms with van der Waals surface area (Å²) in [7, 11) is 1.54. The predicted molar refractivity (Wildman–Crippen MR) is 134 cm³/mol. The number of Topliss-reactive ketones (excluding diaryl/α,β-unsaturated/α-hetero) is 1. The molecule has 35 heavy (non-hydrogen) atoms. The quantitative estimate of drug-likeness (QED) is 0.200. The predicted octanol–water partition coefficient (Wildman–Crippen LogP) is 5.26. The topological polar surface area (TPSA) is 93.1 Å². The smallest absolute Gasteiger partial charge is 0.338 e. The summed E-state index contributed by atoms with van der Waals surface area (Å²) < 4.78 is 11.1. The molecule has 0 radical (unpaired) electrons. The number of aliphatic hydroxyl groups excluding tert-OH is 1. The summed E-state index contributed by atoms with van der Waals surface area (Å²) in [4.78, 5) is 40.2. The lowest BCUT2D eigenvalue weighted by atomic mass is 9.95. The van der Waals surface area contributed by atoms with Gasteiger partial charge in [0.1, 0.15) is 11.5 Å². The Morgan fingerprint density at radius 1 is 1.00 bits per heavy atom. The molecule has 3 aromatic rings. The normalized spacial score (nSPS) is 16.9. The molecule has 8 heteroatoms. The highest BCUT2D eigenvalue weighted by molar-refractivity contribution is 9.10. The molecule has 1 unspecified atom stereocenters. The Bertz CT molecular complexity index is 1310. The average Bonchev–Trinajstić information content (AvgIpc) is 3.14. The standard InChI is InChI=1S/C27H22BrNO6/c1-3-35-27(33)18-5-4-6-20(15-18)29-23(16-9-13-21(34-2)14-10-16)22(25(31)26(29)32)24(30)17-7-11-19(28)12-8-17/h4-15,23,30H,3H2,1-2H3/b24-22+. The van der Waals surface area contributed by atoms with Crippen LogP contribution in [0.5, 0.6) is 5.75 Å². The summed E-state index contributed by atoms with van der Waals surface area (Å²) in [6, 6.07) is 19.0. The minimum Gasteiger partial charge on any atom is -0.507 e. The highest BCUT2D eigenvalue weighted by atomic mass is 79.9. The number of ether oxygens (including phenoxy) is 2. The second-order valence-corrected chi connectivity index (χ2v) is 8.64. The molecule has 0 spiro atoms. The third-order valence-corrected chi connectivity index (χ3v) is 6.16. The maximum atomic E-state index is 13.3. The van der Waals surface area contributed by atoms with Gasteiger partial charge in [-0.2, -0.15) is 0 Å². The number of anilines is 1. The van der Waals surface area contributed by atoms with Gasteiger partial charge in [-0.3, -0.25) is 14.5 Å². The fourth-order valence-corrected chi connectivity index (χ4v) is 4.23. The van der Waals surface area contributed by atoms with Crippen LogP contribution in [0, 0.1) is 0 Å². The molecule has 1 atom stereocenters. The number of amides is 1. The number of hydrogen-bond donors (Lipinski definition) is 1. The Morgan fingerprint density at radius 2 is 1.69 bits per heavy atom. The summed E-state index contributed by atoms with van der Waals surface area (Å²) in [6.07, 6.45) is 0. The van der Waals surface area contributed by atoms with Gasteiger partial charge in [-0.15, -0.1) is 0 Å². The van der Waals surface area contributed by atoms with Crippen molar-refractivity contribution in [2.75, 3.05) is 18.6 Å². The number of carbonyl (C=O) groups excluding carboxylic acids is 3. The molecule has 1 amide bonds. The number of aliphatic hydroxyl groups is 1. The first-order valence-electron chi connectivity index (χ1n) is 10.8. The number of carbonyl (C=O) groups is 3. The molecule has 7 nitrogen and oxygen atoms in total. The van der Waals surface area contributed by atoms with Crippen LogP contribution in [0.15, 0.2) is 82.8 Å². The van der Waals surface area contributed by atoms with E-state index in [4.69, 9.17) is 9.47 Å². The Morgan fingerprint density at radius 3 is 2.31 bits per heavy atom. The lowest BCUT2D eigenvalue weighted by Crippen LogP contribution is -2.29. The molecular weight excluding hydrogens is 514 g/mol. The van der Waals surface area contributed by atoms with Crippen molar-refractivity contribution in [2.24, 2.45) is 0 Å². The summed E-state index contributed by atoms with van der Waals surface area (Å²) in [6.45, 7) is 1.90. The number of rotatable bonds is 6. The van der Waals surface area contributed by atoms with Crippen molar-refractivity contribution >= 4 is 45.0 Å². The van der Waals surface area contributed by atoms with Crippen LogP contribution in [0.4, 0.5) is 5.69 Å². The summed E-state index contributed by atoms with van der Waals surface area (Å²) >= 11 is 3.35. The molecule has 1 saturated heterocycles. The summed E-state index contributed by atoms with van der Waals surface area (Å²) in [5.74, 6) is -1.87. The van der Waals surface area contributed by atoms with Crippen LogP contribution in [0.25, 0.3) is 5.76 Å². The van der Waals surface area contributed by atoms with E-state index in [1.807, 2.05) is 0 Å². The van der Waals surface area contributed by atoms with Crippen molar-refractivity contribution in [1.29, 1.82) is 0 Å². The van der Waals surface area contributed by atoms with Crippen LogP contribution in [-0.4, -0.2) is 36.5 Å². The van der Waals surface area contributed by atoms with Gasteiger partial charge in [0, 0.05) is 15.7 Å². The highest BCUT2D eigenvalue weighted by Crippen LogP contribution is 2.42. The van der Waals surface area contributed by atoms with Gasteiger partial charge >= 0.3 is 5.97 Å². The van der Waals surface area contributed by atoms with E-state index in [2.05, 4.69) is 15.9 Å². The summed E-state index contributed by atoms with van der Waals surface area (Å²) in [5.41, 5.74) is 1.50. The van der Waals surface area contributed by atoms with Gasteiger partial charge in [0.05, 0.1) is 30.9 Å². The number of ketones is 1. The average molecular weight is 536 g/mol. The van der Waals surface area contributed by atoms with Gasteiger partial charge in [0.15, 0.2) is 0 Å². The SMILES string of the molecule is CCOC(=O)c1cccc(N2C(=O)C(=O)/C(=C(/O)c3ccc(Br)cc3)C2c2ccc(OC)cc2)c1. The number of esters is 1. The van der Waals surface area contributed by atoms with Gasteiger partial charge in [0.2, 0.25) is 0 Å². The van der Waals surface area contributed by atoms with Crippen LogP contribution in [0.3, 0.4) is 0 Å². The van der Waals surface area contributed by atoms with Gasteiger partial charge in [-0.25, -0.2) is 4.79 Å². The highest BCUT2D eigenvalue weighted by Gasteiger charge is 2.47. The third kappa shape index (κ3) is 4.70. The van der Waals surface area contributed by atoms with E-state index in [0.717, 1.165) is 4.47 Å². The fraction of sp³-hybridized carbons (Fsp3) is 0.148. The molecular formula is C27H22BrNO6. The molecule has 1 fully saturated rings. The first-order chi connectivity index (χ1) is 16.8. The van der Waals surface area contributed by atoms with Gasteiger partial charge in [0.25, 0.3) is 11.7 Å². The van der Waals surface area contributed by atoms with E-state index in [-0.39, 0.29) is 23.5 Å². The number of nitrogens with zero attached hydrogens (tertiary/aromatic N) is 1. The fourth-order valence-electron chi connectivity index (χ4n) is 3.96. The van der Waals surface area contributed by atoms with Crippen molar-refractivity contribution in [3.63, 3.8) is 0 Å². The van der Waals surface area contributed by atoms with Gasteiger partial charge in [-0.1, -0.05) is 46.3 Å². The maximum absolute atomic E-state index is 13.3. The second-order valence-electron chi connectivity index (χ2n) is 7.72. The molecule has 178 valence electrons. The van der Waals surface area contributed by atoms with Crippen LogP contribution >= 0.6 is 15.9 Å². The number of methoxy groups -OCH3 is 1. The monoisotopic (exact) mass is 535 g/mol. The number of hydrogen-bond acceptors (Lipinski definition) is 6. The van der Waals surface area contributed by atoms with Gasteiger partial charge in [-0.05, 0) is 55.0 Å². The molecule has 1 heterocycles. The van der Waals surface area contributed by atoms with Crippen molar-refractivity contribution in [3.05, 3.63) is 99.5 Å². The van der Waals surface area contributed by atoms with E-state index in [1.165, 1.54) is 18.1 Å². The molecule has 1 N–H and O–H groups in total. The zero-order valence-corrected chi connectivity index (χ0v) is 20.6. The lowest BCUT2D eigenvalue weighted by molar-refractivity contribution is -0.132. The lowest BCUT2D eigenvalue weighted by Gasteiger charge is -2.26. The molecule has 3 aromatic carbocycles. The largest absolute Gasteiger partial charge is 0.507 e. The van der Waals surface area contributed by atoms with Crippen molar-refractivity contribution < 1.29 is 29.0 Å². The first-order valence-corrected chi connectivity index (χ1v) is 11.6. The van der Waals surface area contributed by atoms with Crippen LogP contribution < -0.4 is 9.64 Å².